The van der Waals surface area contributed by atoms with E-state index >= 15 is 0 Å². The average Bonchev–Trinajstić information content (AvgIpc) is 2.57. The van der Waals surface area contributed by atoms with E-state index in [0.717, 1.165) is 25.7 Å². The number of halogens is 1. The van der Waals surface area contributed by atoms with E-state index in [4.69, 9.17) is 10.5 Å². The summed E-state index contributed by atoms with van der Waals surface area (Å²) in [6.07, 6.45) is 2.31. The molecule has 1 aromatic rings. The first-order valence-corrected chi connectivity index (χ1v) is 10.3. The second-order valence-electron chi connectivity index (χ2n) is 7.94. The van der Waals surface area contributed by atoms with Crippen molar-refractivity contribution in [2.45, 2.75) is 71.0 Å². The summed E-state index contributed by atoms with van der Waals surface area (Å²) in [7, 11) is 0. The molecule has 1 fully saturated rings. The van der Waals surface area contributed by atoms with Crippen LogP contribution in [0.15, 0.2) is 10.5 Å². The van der Waals surface area contributed by atoms with Crippen molar-refractivity contribution < 1.29 is 19.4 Å². The smallest absolute Gasteiger partial charge is 0.407 e. The van der Waals surface area contributed by atoms with Crippen LogP contribution in [0.5, 0.6) is 5.88 Å². The highest BCUT2D eigenvalue weighted by atomic mass is 79.9. The highest BCUT2D eigenvalue weighted by molar-refractivity contribution is 9.10. The lowest BCUT2D eigenvalue weighted by atomic mass is 9.88. The van der Waals surface area contributed by atoms with E-state index in [1.54, 1.807) is 11.0 Å². The first-order chi connectivity index (χ1) is 13.0. The van der Waals surface area contributed by atoms with E-state index in [-0.39, 0.29) is 23.5 Å². The number of hydrogen-bond donors (Lipinski definition) is 3. The van der Waals surface area contributed by atoms with Crippen LogP contribution in [0.4, 0.5) is 10.6 Å². The normalized spacial score (nSPS) is 19.8. The van der Waals surface area contributed by atoms with Crippen LogP contribution in [0.25, 0.3) is 0 Å². The van der Waals surface area contributed by atoms with Crippen molar-refractivity contribution in [1.29, 1.82) is 0 Å². The zero-order valence-corrected chi connectivity index (χ0v) is 18.4. The molecule has 0 aromatic carbocycles. The largest absolute Gasteiger partial charge is 0.477 e. The molecule has 0 saturated heterocycles. The first kappa shape index (κ1) is 22.3. The SMILES string of the molecule is CCOc1nc(NC2CCC(N(C(=O)O)C(C)(C)C)CC2)c(Br)cc1C(N)=O. The molecule has 4 N–H and O–H groups in total. The molecule has 28 heavy (non-hydrogen) atoms. The third kappa shape index (κ3) is 5.27. The van der Waals surface area contributed by atoms with Gasteiger partial charge in [0.25, 0.3) is 5.91 Å². The number of amides is 2. The fourth-order valence-electron chi connectivity index (χ4n) is 3.66. The zero-order chi connectivity index (χ0) is 21.1. The Morgan fingerprint density at radius 1 is 1.36 bits per heavy atom. The predicted molar refractivity (Wildman–Crippen MR) is 111 cm³/mol. The third-order valence-electron chi connectivity index (χ3n) is 4.82. The van der Waals surface area contributed by atoms with Crippen molar-refractivity contribution in [2.75, 3.05) is 11.9 Å². The van der Waals surface area contributed by atoms with Gasteiger partial charge in [-0.15, -0.1) is 0 Å². The summed E-state index contributed by atoms with van der Waals surface area (Å²) in [5.74, 6) is 0.196. The van der Waals surface area contributed by atoms with Crippen LogP contribution < -0.4 is 15.8 Å². The molecule has 2 rings (SSSR count). The Hall–Kier alpha value is -2.03. The zero-order valence-electron chi connectivity index (χ0n) is 16.8. The van der Waals surface area contributed by atoms with Crippen LogP contribution in [0.3, 0.4) is 0 Å². The Morgan fingerprint density at radius 3 is 2.43 bits per heavy atom. The maximum Gasteiger partial charge on any atom is 0.407 e. The molecule has 1 saturated carbocycles. The fourth-order valence-corrected chi connectivity index (χ4v) is 4.09. The first-order valence-electron chi connectivity index (χ1n) is 9.46. The Bertz CT molecular complexity index is 727. The quantitative estimate of drug-likeness (QED) is 0.598. The minimum absolute atomic E-state index is 0.00294. The van der Waals surface area contributed by atoms with Gasteiger partial charge in [-0.2, -0.15) is 4.98 Å². The van der Waals surface area contributed by atoms with Crippen LogP contribution >= 0.6 is 15.9 Å². The lowest BCUT2D eigenvalue weighted by molar-refractivity contribution is 0.0556. The number of ether oxygens (including phenoxy) is 1. The predicted octanol–water partition coefficient (Wildman–Crippen LogP) is 3.84. The highest BCUT2D eigenvalue weighted by Crippen LogP contribution is 2.33. The van der Waals surface area contributed by atoms with Crippen LogP contribution in [0, 0.1) is 0 Å². The van der Waals surface area contributed by atoms with Crippen LogP contribution in [-0.4, -0.2) is 51.2 Å². The Kier molecular flexibility index (Phi) is 7.14. The number of primary amides is 1. The topological polar surface area (TPSA) is 118 Å². The molecule has 0 bridgehead atoms. The minimum atomic E-state index is -0.878. The van der Waals surface area contributed by atoms with Gasteiger partial charge in [0.2, 0.25) is 5.88 Å². The molecular formula is C19H29BrN4O4. The van der Waals surface area contributed by atoms with Crippen molar-refractivity contribution in [1.82, 2.24) is 9.88 Å². The molecule has 156 valence electrons. The Labute approximate surface area is 174 Å². The van der Waals surface area contributed by atoms with Crippen molar-refractivity contribution in [3.8, 4) is 5.88 Å². The second kappa shape index (κ2) is 8.98. The molecule has 9 heteroatoms. The molecule has 0 radical (unpaired) electrons. The maximum absolute atomic E-state index is 11.7. The van der Waals surface area contributed by atoms with E-state index in [2.05, 4.69) is 26.2 Å². The van der Waals surface area contributed by atoms with Crippen molar-refractivity contribution in [3.05, 3.63) is 16.1 Å². The molecule has 1 aliphatic rings. The number of anilines is 1. The molecule has 2 amide bonds. The van der Waals surface area contributed by atoms with Gasteiger partial charge >= 0.3 is 6.09 Å². The summed E-state index contributed by atoms with van der Waals surface area (Å²) in [4.78, 5) is 29.3. The van der Waals surface area contributed by atoms with Gasteiger partial charge in [-0.05, 0) is 75.4 Å². The molecule has 0 aliphatic heterocycles. The van der Waals surface area contributed by atoms with Gasteiger partial charge in [-0.3, -0.25) is 4.79 Å². The lowest BCUT2D eigenvalue weighted by Crippen LogP contribution is -2.52. The molecule has 8 nitrogen and oxygen atoms in total. The van der Waals surface area contributed by atoms with Gasteiger partial charge in [0, 0.05) is 17.6 Å². The van der Waals surface area contributed by atoms with Gasteiger partial charge in [0.05, 0.1) is 11.1 Å². The van der Waals surface area contributed by atoms with Gasteiger partial charge in [0.1, 0.15) is 11.4 Å². The molecular weight excluding hydrogens is 428 g/mol. The van der Waals surface area contributed by atoms with Crippen LogP contribution in [-0.2, 0) is 0 Å². The van der Waals surface area contributed by atoms with Crippen molar-refractivity contribution >= 4 is 33.7 Å². The number of rotatable bonds is 6. The Morgan fingerprint density at radius 2 is 1.96 bits per heavy atom. The lowest BCUT2D eigenvalue weighted by Gasteiger charge is -2.42. The molecule has 1 aromatic heterocycles. The van der Waals surface area contributed by atoms with Gasteiger partial charge in [-0.1, -0.05) is 0 Å². The molecule has 1 heterocycles. The van der Waals surface area contributed by atoms with E-state index in [1.165, 1.54) is 0 Å². The van der Waals surface area contributed by atoms with E-state index in [9.17, 15) is 14.7 Å². The summed E-state index contributed by atoms with van der Waals surface area (Å²) in [6, 6.07) is 1.77. The number of carbonyl (C=O) groups is 2. The number of carbonyl (C=O) groups excluding carboxylic acids is 1. The van der Waals surface area contributed by atoms with E-state index < -0.39 is 17.5 Å². The van der Waals surface area contributed by atoms with Gasteiger partial charge < -0.3 is 25.8 Å². The monoisotopic (exact) mass is 456 g/mol. The van der Waals surface area contributed by atoms with E-state index in [1.807, 2.05) is 27.7 Å². The summed E-state index contributed by atoms with van der Waals surface area (Å²) < 4.78 is 6.08. The standard InChI is InChI=1S/C19H29BrN4O4/c1-5-28-17-13(15(21)25)10-14(20)16(23-17)22-11-6-8-12(9-7-11)24(18(26)27)19(2,3)4/h10-12H,5-9H2,1-4H3,(H2,21,25)(H,22,23)(H,26,27). The van der Waals surface area contributed by atoms with Crippen LogP contribution in [0.1, 0.15) is 63.7 Å². The number of aromatic nitrogens is 1. The average molecular weight is 457 g/mol. The number of nitrogens with zero attached hydrogens (tertiary/aromatic N) is 2. The number of hydrogen-bond acceptors (Lipinski definition) is 5. The van der Waals surface area contributed by atoms with Crippen molar-refractivity contribution in [2.24, 2.45) is 5.73 Å². The van der Waals surface area contributed by atoms with E-state index in [0.29, 0.717) is 16.9 Å². The number of nitrogens with one attached hydrogen (secondary N) is 1. The number of carboxylic acid groups (broad SMARTS) is 1. The van der Waals surface area contributed by atoms with Crippen LogP contribution in [0.2, 0.25) is 0 Å². The summed E-state index contributed by atoms with van der Waals surface area (Å²) in [5.41, 5.74) is 5.19. The second-order valence-corrected chi connectivity index (χ2v) is 8.80. The number of pyridine rings is 1. The summed E-state index contributed by atoms with van der Waals surface area (Å²) >= 11 is 3.43. The summed E-state index contributed by atoms with van der Waals surface area (Å²) in [6.45, 7) is 7.94. The highest BCUT2D eigenvalue weighted by Gasteiger charge is 2.35. The third-order valence-corrected chi connectivity index (χ3v) is 5.42. The molecule has 1 aliphatic carbocycles. The number of nitrogens with two attached hydrogens (primary N) is 1. The fraction of sp³-hybridized carbons (Fsp3) is 0.632. The minimum Gasteiger partial charge on any atom is -0.477 e. The van der Waals surface area contributed by atoms with Crippen molar-refractivity contribution in [3.63, 3.8) is 0 Å². The Balaban J connectivity index is 2.09. The summed E-state index contributed by atoms with van der Waals surface area (Å²) in [5, 5.41) is 13.0. The molecule has 0 atom stereocenters. The molecule has 0 unspecified atom stereocenters. The van der Waals surface area contributed by atoms with Gasteiger partial charge in [-0.25, -0.2) is 4.79 Å². The maximum atomic E-state index is 11.7. The molecule has 0 spiro atoms. The van der Waals surface area contributed by atoms with Gasteiger partial charge in [0.15, 0.2) is 0 Å².